The van der Waals surface area contributed by atoms with E-state index in [1.807, 2.05) is 4.98 Å². The first-order chi connectivity index (χ1) is 19.2. The van der Waals surface area contributed by atoms with E-state index in [9.17, 15) is 24.3 Å². The lowest BCUT2D eigenvalue weighted by Crippen LogP contribution is -2.73. The number of carbonyl (C=O) groups excluding carboxylic acids is 2. The minimum absolute atomic E-state index is 0.0356. The van der Waals surface area contributed by atoms with E-state index < -0.39 is 47.0 Å². The first-order valence-corrected chi connectivity index (χ1v) is 14.0. The number of nitrogens with one attached hydrogen (secondary N) is 5. The first-order valence-electron chi connectivity index (χ1n) is 14.0. The maximum absolute atomic E-state index is 13.5. The van der Waals surface area contributed by atoms with E-state index in [2.05, 4.69) is 30.9 Å². The first kappa shape index (κ1) is 26.3. The largest absolute Gasteiger partial charge is 0.386 e. The van der Waals surface area contributed by atoms with Gasteiger partial charge in [-0.05, 0) is 24.7 Å². The molecule has 1 aromatic heterocycles. The summed E-state index contributed by atoms with van der Waals surface area (Å²) in [4.78, 5) is 64.3. The minimum atomic E-state index is -1.26. The van der Waals surface area contributed by atoms with E-state index >= 15 is 0 Å². The van der Waals surface area contributed by atoms with Crippen molar-refractivity contribution in [2.45, 2.75) is 74.8 Å². The molecule has 6 unspecified atom stereocenters. The van der Waals surface area contributed by atoms with Crippen molar-refractivity contribution in [1.29, 1.82) is 0 Å². The molecular formula is C25H36N10O5. The predicted octanol–water partition coefficient (Wildman–Crippen LogP) is -2.76. The van der Waals surface area contributed by atoms with Gasteiger partial charge in [-0.3, -0.25) is 19.4 Å². The molecule has 0 aromatic carbocycles. The van der Waals surface area contributed by atoms with E-state index in [1.165, 1.54) is 19.3 Å². The van der Waals surface area contributed by atoms with Crippen molar-refractivity contribution in [1.82, 2.24) is 30.8 Å². The van der Waals surface area contributed by atoms with Crippen LogP contribution in [0, 0.1) is 17.8 Å². The number of guanidine groups is 2. The number of rotatable bonds is 5. The van der Waals surface area contributed by atoms with Gasteiger partial charge in [-0.2, -0.15) is 0 Å². The Labute approximate surface area is 229 Å². The fraction of sp³-hybridized carbons (Fsp3) is 0.680. The van der Waals surface area contributed by atoms with Crippen LogP contribution in [-0.2, 0) is 4.79 Å². The summed E-state index contributed by atoms with van der Waals surface area (Å²) >= 11 is 0. The molecule has 2 aliphatic carbocycles. The van der Waals surface area contributed by atoms with Crippen molar-refractivity contribution < 1.29 is 14.7 Å². The molecule has 40 heavy (non-hydrogen) atoms. The number of H-pyrrole nitrogens is 2. The number of hydrogen-bond acceptors (Lipinski definition) is 11. The van der Waals surface area contributed by atoms with Gasteiger partial charge in [0, 0.05) is 25.1 Å². The third kappa shape index (κ3) is 4.32. The molecule has 1 spiro atoms. The Morgan fingerprint density at radius 3 is 2.67 bits per heavy atom. The molecule has 10 N–H and O–H groups in total. The molecule has 1 saturated heterocycles. The lowest BCUT2D eigenvalue weighted by Gasteiger charge is -2.46. The van der Waals surface area contributed by atoms with Crippen molar-refractivity contribution in [2.75, 3.05) is 13.1 Å². The number of aliphatic imine (C=N–C) groups is 2. The van der Waals surface area contributed by atoms with Crippen LogP contribution in [0.5, 0.6) is 0 Å². The van der Waals surface area contributed by atoms with Gasteiger partial charge in [0.2, 0.25) is 5.91 Å². The van der Waals surface area contributed by atoms with E-state index in [-0.39, 0.29) is 42.5 Å². The van der Waals surface area contributed by atoms with Crippen LogP contribution >= 0.6 is 0 Å². The standard InChI is InChI=1S/C25H36N10O5/c26-22-33-18-15(9-28-21(39)14-8-17(36)32-24(40)31-14)30-23(27)35-10-16(19(37)25(18,35)34-22)29-20(38)13-7-3-5-11-4-1-2-6-12(11)13/h8,11-13,15-16,18-19,37H,1-7,9-10H2,(H2,27,30)(H,28,39)(H,29,38)(H3,26,33,34)(H2,31,32,36,40)/t11?,12?,13?,15-,16?,18?,19+,25?/m0/s1. The second kappa shape index (κ2) is 9.94. The van der Waals surface area contributed by atoms with Gasteiger partial charge >= 0.3 is 5.69 Å². The molecule has 3 aliphatic heterocycles. The highest BCUT2D eigenvalue weighted by molar-refractivity contribution is 5.92. The number of aliphatic hydroxyl groups is 1. The molecule has 216 valence electrons. The van der Waals surface area contributed by atoms with Gasteiger partial charge in [-0.25, -0.2) is 14.8 Å². The van der Waals surface area contributed by atoms with Crippen LogP contribution in [0.3, 0.4) is 0 Å². The zero-order valence-electron chi connectivity index (χ0n) is 22.1. The number of hydrogen-bond donors (Lipinski definition) is 8. The molecule has 2 amide bonds. The molecule has 15 heteroatoms. The zero-order chi connectivity index (χ0) is 28.2. The third-order valence-electron chi connectivity index (χ3n) is 9.37. The SMILES string of the molecule is NC1=NC2[C@H](CNC(=O)c3cc(=O)[nH]c(=O)[nH]3)N=C(N)N3CC(NC(=O)C4CCCC5CCCCC54)[C@@H](O)C23N1. The van der Waals surface area contributed by atoms with E-state index in [1.54, 1.807) is 4.90 Å². The van der Waals surface area contributed by atoms with Crippen LogP contribution in [-0.4, -0.2) is 86.7 Å². The smallest absolute Gasteiger partial charge is 0.326 e. The molecule has 2 saturated carbocycles. The van der Waals surface area contributed by atoms with Crippen LogP contribution in [0.4, 0.5) is 0 Å². The van der Waals surface area contributed by atoms with Crippen molar-refractivity contribution in [3.8, 4) is 0 Å². The Morgan fingerprint density at radius 1 is 1.10 bits per heavy atom. The van der Waals surface area contributed by atoms with Crippen LogP contribution in [0.1, 0.15) is 55.4 Å². The zero-order valence-corrected chi connectivity index (χ0v) is 22.1. The summed E-state index contributed by atoms with van der Waals surface area (Å²) in [5.41, 5.74) is 9.46. The lowest BCUT2D eigenvalue weighted by molar-refractivity contribution is -0.131. The molecule has 3 fully saturated rings. The number of aromatic amines is 2. The number of nitrogens with zero attached hydrogens (tertiary/aromatic N) is 3. The highest BCUT2D eigenvalue weighted by Crippen LogP contribution is 2.44. The molecule has 15 nitrogen and oxygen atoms in total. The molecule has 0 bridgehead atoms. The second-order valence-electron chi connectivity index (χ2n) is 11.6. The summed E-state index contributed by atoms with van der Waals surface area (Å²) in [7, 11) is 0. The van der Waals surface area contributed by atoms with Gasteiger partial charge in [0.15, 0.2) is 17.6 Å². The number of amides is 2. The summed E-state index contributed by atoms with van der Waals surface area (Å²) < 4.78 is 0. The van der Waals surface area contributed by atoms with E-state index in [4.69, 9.17) is 11.5 Å². The summed E-state index contributed by atoms with van der Waals surface area (Å²) in [5, 5.41) is 20.5. The quantitative estimate of drug-likeness (QED) is 0.187. The Balaban J connectivity index is 1.19. The molecule has 5 aliphatic rings. The normalized spacial score (nSPS) is 36.3. The topological polar surface area (TPSA) is 236 Å². The maximum atomic E-state index is 13.5. The molecule has 4 heterocycles. The Bertz CT molecular complexity index is 1340. The Kier molecular flexibility index (Phi) is 6.55. The van der Waals surface area contributed by atoms with Crippen LogP contribution in [0.25, 0.3) is 0 Å². The highest BCUT2D eigenvalue weighted by atomic mass is 16.3. The van der Waals surface area contributed by atoms with Gasteiger partial charge in [-0.1, -0.05) is 32.1 Å². The fourth-order valence-electron chi connectivity index (χ4n) is 7.64. The van der Waals surface area contributed by atoms with E-state index in [0.717, 1.165) is 31.7 Å². The van der Waals surface area contributed by atoms with Crippen LogP contribution in [0.2, 0.25) is 0 Å². The number of aromatic nitrogens is 2. The van der Waals surface area contributed by atoms with Gasteiger partial charge in [0.1, 0.15) is 17.8 Å². The van der Waals surface area contributed by atoms with Crippen molar-refractivity contribution in [3.05, 3.63) is 32.6 Å². The van der Waals surface area contributed by atoms with Gasteiger partial charge in [-0.15, -0.1) is 0 Å². The lowest BCUT2D eigenvalue weighted by atomic mass is 9.65. The molecule has 1 aromatic rings. The summed E-state index contributed by atoms with van der Waals surface area (Å²) in [6.45, 7) is 0.143. The van der Waals surface area contributed by atoms with Gasteiger partial charge in [0.05, 0.1) is 12.1 Å². The maximum Gasteiger partial charge on any atom is 0.326 e. The molecule has 6 rings (SSSR count). The van der Waals surface area contributed by atoms with Crippen molar-refractivity contribution in [3.63, 3.8) is 0 Å². The number of carbonyl (C=O) groups is 2. The third-order valence-corrected chi connectivity index (χ3v) is 9.37. The summed E-state index contributed by atoms with van der Waals surface area (Å²) in [5.74, 6) is 0.371. The Morgan fingerprint density at radius 2 is 1.88 bits per heavy atom. The van der Waals surface area contributed by atoms with Gasteiger partial charge < -0.3 is 42.4 Å². The second-order valence-corrected chi connectivity index (χ2v) is 11.6. The molecule has 0 radical (unpaired) electrons. The summed E-state index contributed by atoms with van der Waals surface area (Å²) in [6.07, 6.45) is 6.57. The van der Waals surface area contributed by atoms with Crippen molar-refractivity contribution >= 4 is 23.7 Å². The van der Waals surface area contributed by atoms with Crippen molar-refractivity contribution in [2.24, 2.45) is 39.2 Å². The number of fused-ring (bicyclic) bond motifs is 1. The monoisotopic (exact) mass is 556 g/mol. The van der Waals surface area contributed by atoms with E-state index in [0.29, 0.717) is 11.8 Å². The average molecular weight is 557 g/mol. The fourth-order valence-corrected chi connectivity index (χ4v) is 7.64. The predicted molar refractivity (Wildman–Crippen MR) is 144 cm³/mol. The van der Waals surface area contributed by atoms with Gasteiger partial charge in [0.25, 0.3) is 11.5 Å². The number of aliphatic hydroxyl groups excluding tert-OH is 1. The minimum Gasteiger partial charge on any atom is -0.386 e. The average Bonchev–Trinajstić information content (AvgIpc) is 3.42. The number of nitrogens with two attached hydrogens (primary N) is 2. The van der Waals surface area contributed by atoms with Crippen LogP contribution in [0.15, 0.2) is 25.6 Å². The van der Waals surface area contributed by atoms with Crippen LogP contribution < -0.4 is 38.7 Å². The highest BCUT2D eigenvalue weighted by Gasteiger charge is 2.65. The summed E-state index contributed by atoms with van der Waals surface area (Å²) in [6, 6.07) is -1.14. The molecule has 8 atom stereocenters. The molecular weight excluding hydrogens is 520 g/mol. The Hall–Kier alpha value is -3.88.